The first kappa shape index (κ1) is 9.21. The molecule has 2 heterocycles. The van der Waals surface area contributed by atoms with E-state index in [1.807, 2.05) is 0 Å². The van der Waals surface area contributed by atoms with Crippen molar-refractivity contribution in [1.29, 1.82) is 0 Å². The number of nitrogens with one attached hydrogen (secondary N) is 1. The van der Waals surface area contributed by atoms with Crippen molar-refractivity contribution < 1.29 is 5.11 Å². The Labute approximate surface area is 91.4 Å². The summed E-state index contributed by atoms with van der Waals surface area (Å²) >= 11 is 0. The maximum atomic E-state index is 12.1. The Hall–Kier alpha value is -2.04. The van der Waals surface area contributed by atoms with Gasteiger partial charge in [-0.05, 0) is 24.6 Å². The van der Waals surface area contributed by atoms with Crippen molar-refractivity contribution in [2.45, 2.75) is 13.0 Å². The van der Waals surface area contributed by atoms with Crippen molar-refractivity contribution in [1.82, 2.24) is 9.55 Å². The summed E-state index contributed by atoms with van der Waals surface area (Å²) in [4.78, 5) is 16.5. The van der Waals surface area contributed by atoms with Crippen molar-refractivity contribution in [3.63, 3.8) is 0 Å². The summed E-state index contributed by atoms with van der Waals surface area (Å²) in [5, 5.41) is 12.9. The Morgan fingerprint density at radius 1 is 1.44 bits per heavy atom. The smallest absolute Gasteiger partial charge is 0.262 e. The molecule has 0 unspecified atom stereocenters. The van der Waals surface area contributed by atoms with Crippen molar-refractivity contribution in [3.8, 4) is 5.75 Å². The number of rotatable bonds is 0. The third kappa shape index (κ3) is 1.25. The van der Waals surface area contributed by atoms with Gasteiger partial charge in [0.15, 0.2) is 0 Å². The maximum absolute atomic E-state index is 12.1. The van der Waals surface area contributed by atoms with Crippen LogP contribution in [0, 0.1) is 0 Å². The predicted octanol–water partition coefficient (Wildman–Crippen LogP) is 0.918. The van der Waals surface area contributed by atoms with Gasteiger partial charge in [0, 0.05) is 13.1 Å². The van der Waals surface area contributed by atoms with Crippen LogP contribution in [0.1, 0.15) is 6.42 Å². The van der Waals surface area contributed by atoms with Gasteiger partial charge >= 0.3 is 0 Å². The molecule has 1 aliphatic heterocycles. The van der Waals surface area contributed by atoms with Gasteiger partial charge < -0.3 is 10.4 Å². The van der Waals surface area contributed by atoms with Crippen LogP contribution in [-0.4, -0.2) is 21.2 Å². The van der Waals surface area contributed by atoms with Gasteiger partial charge in [0.2, 0.25) is 5.95 Å². The zero-order chi connectivity index (χ0) is 11.1. The Balaban J connectivity index is 2.40. The topological polar surface area (TPSA) is 67.1 Å². The van der Waals surface area contributed by atoms with E-state index in [9.17, 15) is 9.90 Å². The van der Waals surface area contributed by atoms with Gasteiger partial charge in [0.25, 0.3) is 5.56 Å². The predicted molar refractivity (Wildman–Crippen MR) is 60.8 cm³/mol. The van der Waals surface area contributed by atoms with E-state index in [0.717, 1.165) is 13.0 Å². The fraction of sp³-hybridized carbons (Fsp3) is 0.273. The highest BCUT2D eigenvalue weighted by atomic mass is 16.3. The van der Waals surface area contributed by atoms with Gasteiger partial charge in [-0.15, -0.1) is 0 Å². The van der Waals surface area contributed by atoms with E-state index in [0.29, 0.717) is 23.4 Å². The summed E-state index contributed by atoms with van der Waals surface area (Å²) in [6.07, 6.45) is 0.916. The molecular weight excluding hydrogens is 206 g/mol. The number of aromatic hydroxyl groups is 1. The lowest BCUT2D eigenvalue weighted by Gasteiger charge is -2.19. The SMILES string of the molecule is O=c1c2cc(O)ccc2nc2n1CCCN2. The number of fused-ring (bicyclic) bond motifs is 2. The second kappa shape index (κ2) is 3.23. The Morgan fingerprint density at radius 3 is 3.19 bits per heavy atom. The number of aromatic nitrogens is 2. The second-order valence-electron chi connectivity index (χ2n) is 3.87. The minimum absolute atomic E-state index is 0.0933. The van der Waals surface area contributed by atoms with Crippen LogP contribution in [0.15, 0.2) is 23.0 Å². The quantitative estimate of drug-likeness (QED) is 0.688. The molecule has 0 saturated heterocycles. The zero-order valence-corrected chi connectivity index (χ0v) is 8.60. The molecule has 1 aromatic carbocycles. The first-order valence-electron chi connectivity index (χ1n) is 5.23. The lowest BCUT2D eigenvalue weighted by molar-refractivity contribution is 0.476. The number of nitrogens with zero attached hydrogens (tertiary/aromatic N) is 2. The number of hydrogen-bond donors (Lipinski definition) is 2. The molecule has 82 valence electrons. The van der Waals surface area contributed by atoms with E-state index in [2.05, 4.69) is 10.3 Å². The highest BCUT2D eigenvalue weighted by Crippen LogP contribution is 2.18. The Morgan fingerprint density at radius 2 is 2.31 bits per heavy atom. The molecule has 0 radical (unpaired) electrons. The molecule has 0 amide bonds. The van der Waals surface area contributed by atoms with Crippen molar-refractivity contribution in [2.24, 2.45) is 0 Å². The minimum Gasteiger partial charge on any atom is -0.508 e. The number of phenolic OH excluding ortho intramolecular Hbond substituents is 1. The van der Waals surface area contributed by atoms with Crippen LogP contribution in [0.2, 0.25) is 0 Å². The molecule has 2 N–H and O–H groups in total. The van der Waals surface area contributed by atoms with E-state index in [1.165, 1.54) is 12.1 Å². The molecule has 0 bridgehead atoms. The molecule has 1 aliphatic rings. The number of benzene rings is 1. The van der Waals surface area contributed by atoms with Gasteiger partial charge in [-0.1, -0.05) is 0 Å². The van der Waals surface area contributed by atoms with E-state index in [4.69, 9.17) is 0 Å². The van der Waals surface area contributed by atoms with Gasteiger partial charge in [0.1, 0.15) is 5.75 Å². The van der Waals surface area contributed by atoms with Crippen LogP contribution in [0.4, 0.5) is 5.95 Å². The first-order valence-corrected chi connectivity index (χ1v) is 5.23. The summed E-state index contributed by atoms with van der Waals surface area (Å²) in [6.45, 7) is 1.52. The van der Waals surface area contributed by atoms with Gasteiger partial charge in [-0.2, -0.15) is 0 Å². The van der Waals surface area contributed by atoms with E-state index in [-0.39, 0.29) is 11.3 Å². The molecule has 0 atom stereocenters. The third-order valence-corrected chi connectivity index (χ3v) is 2.78. The molecule has 0 spiro atoms. The van der Waals surface area contributed by atoms with Crippen LogP contribution in [0.3, 0.4) is 0 Å². The number of phenols is 1. The maximum Gasteiger partial charge on any atom is 0.262 e. The molecule has 16 heavy (non-hydrogen) atoms. The molecule has 1 aromatic heterocycles. The lowest BCUT2D eigenvalue weighted by atomic mass is 10.2. The number of anilines is 1. The highest BCUT2D eigenvalue weighted by molar-refractivity contribution is 5.80. The summed E-state index contributed by atoms with van der Waals surface area (Å²) in [5.41, 5.74) is 0.520. The molecule has 0 saturated carbocycles. The van der Waals surface area contributed by atoms with Crippen LogP contribution in [0.5, 0.6) is 5.75 Å². The molecule has 5 heteroatoms. The van der Waals surface area contributed by atoms with Crippen LogP contribution in [-0.2, 0) is 6.54 Å². The molecule has 0 aliphatic carbocycles. The van der Waals surface area contributed by atoms with Gasteiger partial charge in [-0.3, -0.25) is 9.36 Å². The van der Waals surface area contributed by atoms with E-state index >= 15 is 0 Å². The molecule has 2 aromatic rings. The first-order chi connectivity index (χ1) is 7.75. The summed E-state index contributed by atoms with van der Waals surface area (Å²) in [6, 6.07) is 4.66. The lowest BCUT2D eigenvalue weighted by Crippen LogP contribution is -2.30. The standard InChI is InChI=1S/C11H11N3O2/c15-7-2-3-9-8(6-7)10(16)14-5-1-4-12-11(14)13-9/h2-3,6,15H,1,4-5H2,(H,12,13). The second-order valence-corrected chi connectivity index (χ2v) is 3.87. The van der Waals surface area contributed by atoms with Crippen LogP contribution < -0.4 is 10.9 Å². The van der Waals surface area contributed by atoms with Crippen LogP contribution in [0.25, 0.3) is 10.9 Å². The van der Waals surface area contributed by atoms with Gasteiger partial charge in [0.05, 0.1) is 10.9 Å². The van der Waals surface area contributed by atoms with E-state index in [1.54, 1.807) is 10.6 Å². The molecule has 3 rings (SSSR count). The molecular formula is C11H11N3O2. The summed E-state index contributed by atoms with van der Waals surface area (Å²) < 4.78 is 1.62. The van der Waals surface area contributed by atoms with Gasteiger partial charge in [-0.25, -0.2) is 4.98 Å². The summed E-state index contributed by atoms with van der Waals surface area (Å²) in [5.74, 6) is 0.713. The normalized spacial score (nSPS) is 14.5. The summed E-state index contributed by atoms with van der Waals surface area (Å²) in [7, 11) is 0. The molecule has 0 fully saturated rings. The Bertz CT molecular complexity index is 618. The van der Waals surface area contributed by atoms with E-state index < -0.39 is 0 Å². The average molecular weight is 217 g/mol. The fourth-order valence-electron chi connectivity index (χ4n) is 1.99. The monoisotopic (exact) mass is 217 g/mol. The third-order valence-electron chi connectivity index (χ3n) is 2.78. The zero-order valence-electron chi connectivity index (χ0n) is 8.60. The Kier molecular flexibility index (Phi) is 1.86. The van der Waals surface area contributed by atoms with Crippen molar-refractivity contribution >= 4 is 16.9 Å². The fourth-order valence-corrected chi connectivity index (χ4v) is 1.99. The van der Waals surface area contributed by atoms with Crippen LogP contribution >= 0.6 is 0 Å². The molecule has 5 nitrogen and oxygen atoms in total. The van der Waals surface area contributed by atoms with Crippen molar-refractivity contribution in [3.05, 3.63) is 28.6 Å². The van der Waals surface area contributed by atoms with Crippen molar-refractivity contribution in [2.75, 3.05) is 11.9 Å². The highest BCUT2D eigenvalue weighted by Gasteiger charge is 2.13. The number of hydrogen-bond acceptors (Lipinski definition) is 4. The minimum atomic E-state index is -0.0944. The average Bonchev–Trinajstić information content (AvgIpc) is 2.31. The largest absolute Gasteiger partial charge is 0.508 e.